The van der Waals surface area contributed by atoms with E-state index in [0.29, 0.717) is 12.1 Å². The Kier molecular flexibility index (Phi) is 3.93. The molecule has 2 atom stereocenters. The van der Waals surface area contributed by atoms with Gasteiger partial charge in [-0.1, -0.05) is 6.92 Å². The SMILES string of the molecule is CCc1nn(C)cc1NC(=O)N1C[C@H](O)C[C@H]1C(=O)O. The van der Waals surface area contributed by atoms with Gasteiger partial charge in [-0.05, 0) is 6.42 Å². The third kappa shape index (κ3) is 2.74. The average Bonchev–Trinajstić information content (AvgIpc) is 2.92. The lowest BCUT2D eigenvalue weighted by Crippen LogP contribution is -2.43. The predicted octanol–water partition coefficient (Wildman–Crippen LogP) is 0.0342. The minimum absolute atomic E-state index is 0.0184. The molecule has 8 nitrogen and oxygen atoms in total. The topological polar surface area (TPSA) is 108 Å². The Hall–Kier alpha value is -2.09. The van der Waals surface area contributed by atoms with E-state index in [0.717, 1.165) is 10.6 Å². The van der Waals surface area contributed by atoms with Crippen molar-refractivity contribution in [3.63, 3.8) is 0 Å². The number of hydrogen-bond acceptors (Lipinski definition) is 4. The van der Waals surface area contributed by atoms with E-state index in [2.05, 4.69) is 10.4 Å². The maximum atomic E-state index is 12.2. The van der Waals surface area contributed by atoms with E-state index in [-0.39, 0.29) is 13.0 Å². The fourth-order valence-electron chi connectivity index (χ4n) is 2.36. The van der Waals surface area contributed by atoms with Gasteiger partial charge in [-0.3, -0.25) is 4.68 Å². The Morgan fingerprint density at radius 3 is 2.85 bits per heavy atom. The first kappa shape index (κ1) is 14.3. The highest BCUT2D eigenvalue weighted by Gasteiger charge is 2.39. The summed E-state index contributed by atoms with van der Waals surface area (Å²) in [6.07, 6.45) is 1.57. The van der Waals surface area contributed by atoms with E-state index < -0.39 is 24.1 Å². The number of nitrogens with one attached hydrogen (secondary N) is 1. The van der Waals surface area contributed by atoms with E-state index in [9.17, 15) is 14.7 Å². The van der Waals surface area contributed by atoms with Gasteiger partial charge in [0.05, 0.1) is 17.5 Å². The Bertz CT molecular complexity index is 528. The maximum absolute atomic E-state index is 12.2. The molecule has 0 saturated carbocycles. The predicted molar refractivity (Wildman–Crippen MR) is 70.4 cm³/mol. The van der Waals surface area contributed by atoms with Gasteiger partial charge in [-0.2, -0.15) is 5.10 Å². The number of rotatable bonds is 3. The molecule has 1 aliphatic rings. The molecule has 0 radical (unpaired) electrons. The van der Waals surface area contributed by atoms with Crippen LogP contribution in [0.25, 0.3) is 0 Å². The van der Waals surface area contributed by atoms with Crippen LogP contribution < -0.4 is 5.32 Å². The van der Waals surface area contributed by atoms with E-state index in [1.54, 1.807) is 17.9 Å². The monoisotopic (exact) mass is 282 g/mol. The summed E-state index contributed by atoms with van der Waals surface area (Å²) < 4.78 is 1.59. The number of urea groups is 1. The molecule has 2 amide bonds. The van der Waals surface area contributed by atoms with Gasteiger partial charge in [0.15, 0.2) is 0 Å². The smallest absolute Gasteiger partial charge is 0.326 e. The molecule has 2 heterocycles. The third-order valence-corrected chi connectivity index (χ3v) is 3.31. The number of amides is 2. The quantitative estimate of drug-likeness (QED) is 0.725. The molecule has 1 aromatic heterocycles. The number of aromatic nitrogens is 2. The number of carboxylic acid groups (broad SMARTS) is 1. The summed E-state index contributed by atoms with van der Waals surface area (Å²) in [5.41, 5.74) is 1.29. The molecule has 20 heavy (non-hydrogen) atoms. The van der Waals surface area contributed by atoms with Crippen LogP contribution in [0.5, 0.6) is 0 Å². The fraction of sp³-hybridized carbons (Fsp3) is 0.583. The van der Waals surface area contributed by atoms with Crippen molar-refractivity contribution < 1.29 is 19.8 Å². The summed E-state index contributed by atoms with van der Waals surface area (Å²) in [5, 5.41) is 25.5. The van der Waals surface area contributed by atoms with Crippen molar-refractivity contribution in [3.05, 3.63) is 11.9 Å². The van der Waals surface area contributed by atoms with Gasteiger partial charge in [0.1, 0.15) is 6.04 Å². The van der Waals surface area contributed by atoms with Gasteiger partial charge >= 0.3 is 12.0 Å². The second kappa shape index (κ2) is 5.49. The number of β-amino-alcohol motifs (C(OH)–C–C–N with tert-alkyl or cyclic N) is 1. The van der Waals surface area contributed by atoms with Gasteiger partial charge in [0.2, 0.25) is 0 Å². The van der Waals surface area contributed by atoms with E-state index in [1.807, 2.05) is 6.92 Å². The Morgan fingerprint density at radius 2 is 2.25 bits per heavy atom. The lowest BCUT2D eigenvalue weighted by molar-refractivity contribution is -0.141. The van der Waals surface area contributed by atoms with Crippen LogP contribution >= 0.6 is 0 Å². The first-order valence-corrected chi connectivity index (χ1v) is 6.43. The number of aliphatic carboxylic acids is 1. The molecule has 1 aromatic rings. The number of anilines is 1. The first-order valence-electron chi connectivity index (χ1n) is 6.43. The zero-order chi connectivity index (χ0) is 14.9. The summed E-state index contributed by atoms with van der Waals surface area (Å²) in [5.74, 6) is -1.11. The number of hydrogen-bond donors (Lipinski definition) is 3. The second-order valence-corrected chi connectivity index (χ2v) is 4.84. The van der Waals surface area contributed by atoms with Crippen molar-refractivity contribution >= 4 is 17.7 Å². The summed E-state index contributed by atoms with van der Waals surface area (Å²) in [6, 6.07) is -1.52. The summed E-state index contributed by atoms with van der Waals surface area (Å²) in [4.78, 5) is 24.4. The fourth-order valence-corrected chi connectivity index (χ4v) is 2.36. The number of carboxylic acids is 1. The largest absolute Gasteiger partial charge is 0.480 e. The number of aliphatic hydroxyl groups is 1. The van der Waals surface area contributed by atoms with Gasteiger partial charge in [0.25, 0.3) is 0 Å². The molecular weight excluding hydrogens is 264 g/mol. The third-order valence-electron chi connectivity index (χ3n) is 3.31. The Labute approximate surface area is 116 Å². The molecule has 8 heteroatoms. The highest BCUT2D eigenvalue weighted by Crippen LogP contribution is 2.21. The molecule has 0 spiro atoms. The lowest BCUT2D eigenvalue weighted by Gasteiger charge is -2.21. The number of likely N-dealkylation sites (tertiary alicyclic amines) is 1. The van der Waals surface area contributed by atoms with E-state index in [1.165, 1.54) is 0 Å². The molecular formula is C12H18N4O4. The Balaban J connectivity index is 2.13. The molecule has 1 saturated heterocycles. The maximum Gasteiger partial charge on any atom is 0.326 e. The first-order chi connectivity index (χ1) is 9.42. The molecule has 2 rings (SSSR count). The van der Waals surface area contributed by atoms with Gasteiger partial charge in [0, 0.05) is 26.2 Å². The van der Waals surface area contributed by atoms with Crippen molar-refractivity contribution in [1.29, 1.82) is 0 Å². The minimum Gasteiger partial charge on any atom is -0.480 e. The molecule has 0 bridgehead atoms. The van der Waals surface area contributed by atoms with Crippen LogP contribution in [0, 0.1) is 0 Å². The van der Waals surface area contributed by atoms with Gasteiger partial charge in [-0.15, -0.1) is 0 Å². The Morgan fingerprint density at radius 1 is 1.55 bits per heavy atom. The lowest BCUT2D eigenvalue weighted by atomic mass is 10.2. The number of nitrogens with zero attached hydrogens (tertiary/aromatic N) is 3. The van der Waals surface area contributed by atoms with Crippen molar-refractivity contribution in [1.82, 2.24) is 14.7 Å². The van der Waals surface area contributed by atoms with Crippen LogP contribution in [0.3, 0.4) is 0 Å². The zero-order valence-electron chi connectivity index (χ0n) is 11.4. The summed E-state index contributed by atoms with van der Waals surface area (Å²) in [6.45, 7) is 1.93. The van der Waals surface area contributed by atoms with Crippen LogP contribution in [-0.2, 0) is 18.3 Å². The number of carbonyl (C=O) groups is 2. The van der Waals surface area contributed by atoms with Crippen molar-refractivity contribution in [2.75, 3.05) is 11.9 Å². The second-order valence-electron chi connectivity index (χ2n) is 4.84. The number of carbonyl (C=O) groups excluding carboxylic acids is 1. The number of aryl methyl sites for hydroxylation is 2. The van der Waals surface area contributed by atoms with Crippen LogP contribution in [-0.4, -0.2) is 55.6 Å². The molecule has 110 valence electrons. The van der Waals surface area contributed by atoms with Crippen molar-refractivity contribution in [2.24, 2.45) is 7.05 Å². The van der Waals surface area contributed by atoms with Crippen LogP contribution in [0.2, 0.25) is 0 Å². The van der Waals surface area contributed by atoms with Crippen molar-refractivity contribution in [2.45, 2.75) is 31.9 Å². The summed E-state index contributed by atoms with van der Waals surface area (Å²) >= 11 is 0. The van der Waals surface area contributed by atoms with E-state index >= 15 is 0 Å². The molecule has 1 fully saturated rings. The molecule has 0 aromatic carbocycles. The molecule has 1 aliphatic heterocycles. The molecule has 3 N–H and O–H groups in total. The van der Waals surface area contributed by atoms with Crippen LogP contribution in [0.15, 0.2) is 6.20 Å². The van der Waals surface area contributed by atoms with Crippen LogP contribution in [0.1, 0.15) is 19.0 Å². The minimum atomic E-state index is -1.11. The van der Waals surface area contributed by atoms with Gasteiger partial charge < -0.3 is 20.4 Å². The van der Waals surface area contributed by atoms with Crippen molar-refractivity contribution in [3.8, 4) is 0 Å². The molecule has 0 aliphatic carbocycles. The zero-order valence-corrected chi connectivity index (χ0v) is 11.4. The normalized spacial score (nSPS) is 22.1. The van der Waals surface area contributed by atoms with E-state index in [4.69, 9.17) is 5.11 Å². The average molecular weight is 282 g/mol. The summed E-state index contributed by atoms with van der Waals surface area (Å²) in [7, 11) is 1.74. The number of aliphatic hydroxyl groups excluding tert-OH is 1. The van der Waals surface area contributed by atoms with Gasteiger partial charge in [-0.25, -0.2) is 9.59 Å². The highest BCUT2D eigenvalue weighted by molar-refractivity contribution is 5.93. The standard InChI is InChI=1S/C12H18N4O4/c1-3-8-9(6-15(2)14-8)13-12(20)16-5-7(17)4-10(16)11(18)19/h6-7,10,17H,3-5H2,1-2H3,(H,13,20)(H,18,19)/t7-,10+/m1/s1. The van der Waals surface area contributed by atoms with Crippen LogP contribution in [0.4, 0.5) is 10.5 Å². The highest BCUT2D eigenvalue weighted by atomic mass is 16.4. The molecule has 0 unspecified atom stereocenters.